The molecule has 0 fully saturated rings. The molecule has 0 aliphatic heterocycles. The molecule has 0 saturated carbocycles. The van der Waals surface area contributed by atoms with Gasteiger partial charge in [0.2, 0.25) is 0 Å². The van der Waals surface area contributed by atoms with Gasteiger partial charge in [0.15, 0.2) is 0 Å². The molecule has 30 heavy (non-hydrogen) atoms. The van der Waals surface area contributed by atoms with E-state index in [1.807, 2.05) is 0 Å². The molecule has 1 atom stereocenters. The third-order valence-electron chi connectivity index (χ3n) is 4.21. The lowest BCUT2D eigenvalue weighted by Crippen LogP contribution is -2.63. The van der Waals surface area contributed by atoms with E-state index >= 15 is 0 Å². The maximum atomic E-state index is 13.9. The Bertz CT molecular complexity index is 727. The van der Waals surface area contributed by atoms with Crippen LogP contribution in [0.4, 0.5) is 39.5 Å². The Morgan fingerprint density at radius 1 is 0.867 bits per heavy atom. The molecule has 0 amide bonds. The van der Waals surface area contributed by atoms with Gasteiger partial charge in [-0.15, -0.1) is 10.3 Å². The number of hydrogen-bond acceptors (Lipinski definition) is 4. The highest BCUT2D eigenvalue weighted by atomic mass is 32.3. The van der Waals surface area contributed by atoms with Crippen LogP contribution < -0.4 is 0 Å². The molecule has 0 radical (unpaired) electrons. The number of ketones is 1. The Hall–Kier alpha value is -0.700. The third kappa shape index (κ3) is 5.37. The zero-order valence-electron chi connectivity index (χ0n) is 16.7. The van der Waals surface area contributed by atoms with Crippen LogP contribution in [0.1, 0.15) is 47.0 Å². The van der Waals surface area contributed by atoms with E-state index in [1.165, 1.54) is 20.8 Å². The maximum Gasteiger partial charge on any atom is 0.460 e. The average Bonchev–Trinajstić information content (AvgIpc) is 2.49. The highest BCUT2D eigenvalue weighted by Gasteiger charge is 2.86. The van der Waals surface area contributed by atoms with Crippen molar-refractivity contribution in [1.82, 2.24) is 0 Å². The Morgan fingerprint density at radius 2 is 1.30 bits per heavy atom. The minimum absolute atomic E-state index is 0.128. The van der Waals surface area contributed by atoms with E-state index in [-0.39, 0.29) is 6.42 Å². The van der Waals surface area contributed by atoms with Crippen molar-refractivity contribution in [2.24, 2.45) is 0 Å². The summed E-state index contributed by atoms with van der Waals surface area (Å²) in [4.78, 5) is 12.0. The predicted octanol–water partition coefficient (Wildman–Crippen LogP) is 5.67. The lowest BCUT2D eigenvalue weighted by atomic mass is 10.1. The van der Waals surface area contributed by atoms with Gasteiger partial charge >= 0.3 is 33.4 Å². The third-order valence-corrected chi connectivity index (χ3v) is 10.5. The molecule has 0 spiro atoms. The maximum absolute atomic E-state index is 13.9. The van der Waals surface area contributed by atoms with Gasteiger partial charge in [-0.3, -0.25) is 4.79 Å². The first-order valence-electron chi connectivity index (χ1n) is 8.34. The number of Topliss-reactive ketones (excluding diaryl/α,β-unsaturated/α-hetero) is 1. The number of unbranched alkanes of at least 4 members (excludes halogenated alkanes) is 1. The van der Waals surface area contributed by atoms with E-state index in [1.54, 1.807) is 6.92 Å². The Morgan fingerprint density at radius 3 is 1.63 bits per heavy atom. The van der Waals surface area contributed by atoms with E-state index < -0.39 is 60.0 Å². The van der Waals surface area contributed by atoms with Crippen LogP contribution in [0.2, 0.25) is 0 Å². The second-order valence-corrected chi connectivity index (χ2v) is 13.1. The van der Waals surface area contributed by atoms with Crippen molar-refractivity contribution in [2.45, 2.75) is 75.0 Å². The summed E-state index contributed by atoms with van der Waals surface area (Å²) in [7, 11) is -10.6. The van der Waals surface area contributed by atoms with Gasteiger partial charge in [-0.2, -0.15) is 47.9 Å². The highest BCUT2D eigenvalue weighted by molar-refractivity contribution is 8.33. The Balaban J connectivity index is 6.28. The molecule has 4 nitrogen and oxygen atoms in total. The lowest BCUT2D eigenvalue weighted by Gasteiger charge is -2.46. The number of halogens is 9. The van der Waals surface area contributed by atoms with Gasteiger partial charge in [-0.05, 0) is 12.7 Å². The fourth-order valence-electron chi connectivity index (χ4n) is 1.85. The van der Waals surface area contributed by atoms with Gasteiger partial charge < -0.3 is 0 Å². The molecule has 0 rings (SSSR count). The van der Waals surface area contributed by atoms with Gasteiger partial charge in [0, 0.05) is 11.2 Å². The summed E-state index contributed by atoms with van der Waals surface area (Å²) < 4.78 is 144. The van der Waals surface area contributed by atoms with Gasteiger partial charge in [0.25, 0.3) is 0 Å². The predicted molar refractivity (Wildman–Crippen MR) is 93.6 cm³/mol. The van der Waals surface area contributed by atoms with Crippen LogP contribution in [-0.4, -0.2) is 54.2 Å². The molecule has 0 N–H and O–H groups in total. The summed E-state index contributed by atoms with van der Waals surface area (Å²) in [5.74, 6) is -16.3. The molecule has 0 bridgehead atoms. The van der Waals surface area contributed by atoms with Crippen LogP contribution in [0.3, 0.4) is 0 Å². The zero-order chi connectivity index (χ0) is 24.6. The molecule has 0 aliphatic rings. The van der Waals surface area contributed by atoms with Crippen molar-refractivity contribution in [3.05, 3.63) is 0 Å². The van der Waals surface area contributed by atoms with E-state index in [9.17, 15) is 52.7 Å². The fourth-order valence-corrected chi connectivity index (χ4v) is 6.42. The van der Waals surface area contributed by atoms with Crippen LogP contribution in [0.15, 0.2) is 0 Å². The minimum Gasteiger partial charge on any atom is -0.299 e. The number of carbonyl (C=O) groups is 1. The van der Waals surface area contributed by atoms with Crippen molar-refractivity contribution < 1.29 is 56.4 Å². The zero-order valence-corrected chi connectivity index (χ0v) is 18.3. The van der Waals surface area contributed by atoms with Crippen LogP contribution in [0.5, 0.6) is 0 Å². The van der Waals surface area contributed by atoms with Crippen molar-refractivity contribution in [3.63, 3.8) is 0 Å². The monoisotopic (exact) mass is 502 g/mol. The van der Waals surface area contributed by atoms with Crippen molar-refractivity contribution >= 4 is 26.2 Å². The molecule has 0 heterocycles. The van der Waals surface area contributed by atoms with Gasteiger partial charge in [0.05, 0.1) is 5.75 Å². The van der Waals surface area contributed by atoms with Gasteiger partial charge in [-0.25, -0.2) is 3.63 Å². The second kappa shape index (κ2) is 8.68. The van der Waals surface area contributed by atoms with Crippen LogP contribution in [-0.2, 0) is 18.5 Å². The molecule has 1 unspecified atom stereocenters. The quantitative estimate of drug-likeness (QED) is 0.362. The van der Waals surface area contributed by atoms with E-state index in [4.69, 9.17) is 0 Å². The summed E-state index contributed by atoms with van der Waals surface area (Å²) in [5.41, 5.74) is 0. The summed E-state index contributed by atoms with van der Waals surface area (Å²) in [6.07, 6.45) is -5.58. The molecule has 182 valence electrons. The largest absolute Gasteiger partial charge is 0.460 e. The van der Waals surface area contributed by atoms with E-state index in [0.717, 1.165) is 6.26 Å². The standard InChI is InChI=1S/C15H23F9O4S2/c1-6-7-8-10(25)9-29(5,11(2,3)4)28-30(26,27)15(23,24)13(18,19)12(16,17)14(20,21)22/h6-9H2,1-5H3. The van der Waals surface area contributed by atoms with Crippen LogP contribution in [0.25, 0.3) is 0 Å². The van der Waals surface area contributed by atoms with E-state index in [0.29, 0.717) is 12.8 Å². The molecule has 0 saturated heterocycles. The number of rotatable bonds is 10. The second-order valence-electron chi connectivity index (χ2n) is 7.59. The summed E-state index contributed by atoms with van der Waals surface area (Å²) in [6.45, 7) is 5.34. The number of alkyl halides is 9. The normalized spacial score (nSPS) is 18.1. The molecule has 0 aliphatic carbocycles. The molecule has 0 aromatic rings. The minimum atomic E-state index is -7.39. The first-order valence-corrected chi connectivity index (χ1v) is 11.9. The fraction of sp³-hybridized carbons (Fsp3) is 0.933. The summed E-state index contributed by atoms with van der Waals surface area (Å²) in [6, 6.07) is 0. The molecular weight excluding hydrogens is 479 g/mol. The molecule has 0 aromatic carbocycles. The lowest BCUT2D eigenvalue weighted by molar-refractivity contribution is -0.382. The smallest absolute Gasteiger partial charge is 0.299 e. The molecular formula is C15H23F9O4S2. The molecule has 15 heteroatoms. The number of hydrogen-bond donors (Lipinski definition) is 0. The highest BCUT2D eigenvalue weighted by Crippen LogP contribution is 2.62. The van der Waals surface area contributed by atoms with Crippen molar-refractivity contribution in [2.75, 3.05) is 12.0 Å². The van der Waals surface area contributed by atoms with Crippen molar-refractivity contribution in [1.29, 1.82) is 0 Å². The SMILES string of the molecule is CCCCC(=O)CS(C)(OS(=O)(=O)C(F)(F)C(F)(F)C(F)(F)C(F)(F)F)C(C)(C)C. The first kappa shape index (κ1) is 29.3. The Kier molecular flexibility index (Phi) is 8.48. The van der Waals surface area contributed by atoms with Crippen LogP contribution in [0, 0.1) is 0 Å². The Labute approximate surface area is 170 Å². The average molecular weight is 502 g/mol. The topological polar surface area (TPSA) is 60.4 Å². The molecule has 0 aromatic heterocycles. The van der Waals surface area contributed by atoms with Gasteiger partial charge in [-0.1, -0.05) is 34.1 Å². The van der Waals surface area contributed by atoms with Gasteiger partial charge in [0.1, 0.15) is 5.78 Å². The number of carbonyl (C=O) groups excluding carboxylic acids is 1. The van der Waals surface area contributed by atoms with Crippen molar-refractivity contribution in [3.8, 4) is 0 Å². The first-order chi connectivity index (χ1) is 12.9. The van der Waals surface area contributed by atoms with E-state index in [2.05, 4.69) is 3.63 Å². The summed E-state index contributed by atoms with van der Waals surface area (Å²) >= 11 is 0. The summed E-state index contributed by atoms with van der Waals surface area (Å²) in [5, 5.41) is -6.95. The van der Waals surface area contributed by atoms with Crippen LogP contribution >= 0.6 is 10.3 Å².